The Labute approximate surface area is 154 Å². The van der Waals surface area contributed by atoms with Crippen molar-refractivity contribution < 1.29 is 9.84 Å². The SMILES string of the molecule is Cn1cc([C@H]2OCC[C@@H]2CNC2CCC(O)(c3cccnc3)CC2)cn1. The molecule has 2 aromatic heterocycles. The first-order valence-electron chi connectivity index (χ1n) is 9.60. The van der Waals surface area contributed by atoms with E-state index in [4.69, 9.17) is 4.74 Å². The first-order valence-corrected chi connectivity index (χ1v) is 9.60. The van der Waals surface area contributed by atoms with Crippen molar-refractivity contribution in [3.63, 3.8) is 0 Å². The molecule has 3 heterocycles. The summed E-state index contributed by atoms with van der Waals surface area (Å²) in [5.74, 6) is 0.485. The Morgan fingerprint density at radius 3 is 2.85 bits per heavy atom. The van der Waals surface area contributed by atoms with Crippen LogP contribution in [0.25, 0.3) is 0 Å². The first-order chi connectivity index (χ1) is 12.6. The Hall–Kier alpha value is -1.76. The minimum Gasteiger partial charge on any atom is -0.385 e. The zero-order valence-electron chi connectivity index (χ0n) is 15.3. The maximum atomic E-state index is 10.9. The van der Waals surface area contributed by atoms with Gasteiger partial charge in [-0.05, 0) is 38.2 Å². The van der Waals surface area contributed by atoms with Gasteiger partial charge in [0, 0.05) is 61.9 Å². The number of aryl methyl sites for hydroxylation is 1. The van der Waals surface area contributed by atoms with Crippen molar-refractivity contribution in [3.8, 4) is 0 Å². The summed E-state index contributed by atoms with van der Waals surface area (Å²) in [7, 11) is 1.94. The zero-order chi connectivity index (χ0) is 18.0. The molecule has 1 aliphatic carbocycles. The van der Waals surface area contributed by atoms with Crippen LogP contribution in [0.2, 0.25) is 0 Å². The molecule has 26 heavy (non-hydrogen) atoms. The first kappa shape index (κ1) is 17.6. The van der Waals surface area contributed by atoms with Gasteiger partial charge in [-0.2, -0.15) is 5.10 Å². The molecule has 2 N–H and O–H groups in total. The molecular formula is C20H28N4O2. The minimum absolute atomic E-state index is 0.145. The van der Waals surface area contributed by atoms with Crippen LogP contribution in [-0.4, -0.2) is 39.1 Å². The van der Waals surface area contributed by atoms with Crippen LogP contribution in [0.4, 0.5) is 0 Å². The predicted octanol–water partition coefficient (Wildman–Crippen LogP) is 2.31. The Morgan fingerprint density at radius 1 is 1.31 bits per heavy atom. The van der Waals surface area contributed by atoms with Crippen molar-refractivity contribution in [2.24, 2.45) is 13.0 Å². The highest BCUT2D eigenvalue weighted by Crippen LogP contribution is 2.38. The van der Waals surface area contributed by atoms with Gasteiger partial charge in [0.05, 0.1) is 17.9 Å². The van der Waals surface area contributed by atoms with E-state index in [1.165, 1.54) is 5.56 Å². The van der Waals surface area contributed by atoms with Crippen LogP contribution in [0.5, 0.6) is 0 Å². The second-order valence-corrected chi connectivity index (χ2v) is 7.74. The number of rotatable bonds is 5. The molecule has 6 nitrogen and oxygen atoms in total. The van der Waals surface area contributed by atoms with Gasteiger partial charge in [-0.15, -0.1) is 0 Å². The molecule has 0 aromatic carbocycles. The van der Waals surface area contributed by atoms with E-state index in [1.54, 1.807) is 12.4 Å². The number of pyridine rings is 1. The normalized spacial score (nSPS) is 32.0. The lowest BCUT2D eigenvalue weighted by atomic mass is 9.78. The van der Waals surface area contributed by atoms with Gasteiger partial charge in [-0.1, -0.05) is 6.07 Å². The van der Waals surface area contributed by atoms with E-state index in [0.717, 1.165) is 50.8 Å². The van der Waals surface area contributed by atoms with E-state index in [2.05, 4.69) is 21.6 Å². The van der Waals surface area contributed by atoms with Crippen molar-refractivity contribution in [2.75, 3.05) is 13.2 Å². The van der Waals surface area contributed by atoms with Crippen LogP contribution in [0.1, 0.15) is 49.3 Å². The molecule has 2 atom stereocenters. The van der Waals surface area contributed by atoms with Crippen LogP contribution in [-0.2, 0) is 17.4 Å². The molecule has 2 aromatic rings. The van der Waals surface area contributed by atoms with Crippen LogP contribution in [0, 0.1) is 5.92 Å². The van der Waals surface area contributed by atoms with Crippen molar-refractivity contribution >= 4 is 0 Å². The zero-order valence-corrected chi connectivity index (χ0v) is 15.3. The van der Waals surface area contributed by atoms with E-state index in [0.29, 0.717) is 12.0 Å². The van der Waals surface area contributed by atoms with E-state index in [1.807, 2.05) is 30.1 Å². The Bertz CT molecular complexity index is 710. The quantitative estimate of drug-likeness (QED) is 0.860. The van der Waals surface area contributed by atoms with E-state index in [-0.39, 0.29) is 6.10 Å². The molecule has 1 saturated carbocycles. The van der Waals surface area contributed by atoms with Gasteiger partial charge in [0.25, 0.3) is 0 Å². The second kappa shape index (κ2) is 7.47. The monoisotopic (exact) mass is 356 g/mol. The average Bonchev–Trinajstić information content (AvgIpc) is 3.30. The van der Waals surface area contributed by atoms with Crippen molar-refractivity contribution in [3.05, 3.63) is 48.0 Å². The van der Waals surface area contributed by atoms with Crippen molar-refractivity contribution in [1.82, 2.24) is 20.1 Å². The minimum atomic E-state index is -0.721. The predicted molar refractivity (Wildman–Crippen MR) is 98.4 cm³/mol. The molecule has 1 aliphatic heterocycles. The molecule has 4 rings (SSSR count). The standard InChI is InChI=1S/C20H28N4O2/c1-24-14-16(12-23-24)19-15(6-10-26-19)11-22-18-4-7-20(25,8-5-18)17-3-2-9-21-13-17/h2-3,9,12-15,18-19,22,25H,4-8,10-11H2,1H3/t15-,18?,19+,20?/m1/s1. The summed E-state index contributed by atoms with van der Waals surface area (Å²) >= 11 is 0. The van der Waals surface area contributed by atoms with Crippen molar-refractivity contribution in [1.29, 1.82) is 0 Å². The Morgan fingerprint density at radius 2 is 2.15 bits per heavy atom. The number of aromatic nitrogens is 3. The summed E-state index contributed by atoms with van der Waals surface area (Å²) in [4.78, 5) is 4.16. The molecule has 0 bridgehead atoms. The van der Waals surface area contributed by atoms with Crippen molar-refractivity contribution in [2.45, 2.75) is 49.9 Å². The van der Waals surface area contributed by atoms with Gasteiger partial charge in [0.1, 0.15) is 0 Å². The molecule has 0 amide bonds. The van der Waals surface area contributed by atoms with Crippen LogP contribution in [0.3, 0.4) is 0 Å². The molecule has 2 fully saturated rings. The third-order valence-electron chi connectivity index (χ3n) is 5.95. The number of hydrogen-bond donors (Lipinski definition) is 2. The van der Waals surface area contributed by atoms with Crippen LogP contribution >= 0.6 is 0 Å². The summed E-state index contributed by atoms with van der Waals surface area (Å²) in [5.41, 5.74) is 1.40. The molecule has 1 saturated heterocycles. The largest absolute Gasteiger partial charge is 0.385 e. The van der Waals surface area contributed by atoms with Gasteiger partial charge in [-0.3, -0.25) is 9.67 Å². The summed E-state index contributed by atoms with van der Waals surface area (Å²) in [6, 6.07) is 4.34. The lowest BCUT2D eigenvalue weighted by molar-refractivity contribution is -0.00931. The fourth-order valence-electron chi connectivity index (χ4n) is 4.34. The van der Waals surface area contributed by atoms with E-state index < -0.39 is 5.60 Å². The highest BCUT2D eigenvalue weighted by molar-refractivity contribution is 5.19. The van der Waals surface area contributed by atoms with Gasteiger partial charge < -0.3 is 15.2 Å². The van der Waals surface area contributed by atoms with Crippen LogP contribution in [0.15, 0.2) is 36.9 Å². The van der Waals surface area contributed by atoms with Crippen LogP contribution < -0.4 is 5.32 Å². The highest BCUT2D eigenvalue weighted by Gasteiger charge is 2.36. The maximum absolute atomic E-state index is 10.9. The fraction of sp³-hybridized carbons (Fsp3) is 0.600. The molecule has 6 heteroatoms. The molecule has 2 aliphatic rings. The Kier molecular flexibility index (Phi) is 5.07. The molecule has 0 radical (unpaired) electrons. The molecule has 0 unspecified atom stereocenters. The topological polar surface area (TPSA) is 72.2 Å². The number of hydrogen-bond acceptors (Lipinski definition) is 5. The summed E-state index contributed by atoms with van der Waals surface area (Å²) < 4.78 is 7.79. The van der Waals surface area contributed by atoms with Gasteiger partial charge in [-0.25, -0.2) is 0 Å². The lowest BCUT2D eigenvalue weighted by Gasteiger charge is -2.37. The third-order valence-corrected chi connectivity index (χ3v) is 5.95. The third kappa shape index (κ3) is 3.68. The molecule has 140 valence electrons. The van der Waals surface area contributed by atoms with Gasteiger partial charge in [0.2, 0.25) is 0 Å². The summed E-state index contributed by atoms with van der Waals surface area (Å²) in [5, 5.41) is 18.9. The summed E-state index contributed by atoms with van der Waals surface area (Å²) in [6.07, 6.45) is 12.3. The smallest absolute Gasteiger partial charge is 0.0912 e. The average molecular weight is 356 g/mol. The number of ether oxygens (including phenoxy) is 1. The maximum Gasteiger partial charge on any atom is 0.0912 e. The summed E-state index contributed by atoms with van der Waals surface area (Å²) in [6.45, 7) is 1.77. The lowest BCUT2D eigenvalue weighted by Crippen LogP contribution is -2.41. The van der Waals surface area contributed by atoms with Gasteiger partial charge in [0.15, 0.2) is 0 Å². The molecule has 0 spiro atoms. The number of aliphatic hydroxyl groups is 1. The van der Waals surface area contributed by atoms with E-state index >= 15 is 0 Å². The Balaban J connectivity index is 1.30. The number of nitrogens with one attached hydrogen (secondary N) is 1. The fourth-order valence-corrected chi connectivity index (χ4v) is 4.34. The highest BCUT2D eigenvalue weighted by atomic mass is 16.5. The molecular weight excluding hydrogens is 328 g/mol. The van der Waals surface area contributed by atoms with E-state index in [9.17, 15) is 5.11 Å². The van der Waals surface area contributed by atoms with Gasteiger partial charge >= 0.3 is 0 Å². The second-order valence-electron chi connectivity index (χ2n) is 7.74. The number of nitrogens with zero attached hydrogens (tertiary/aromatic N) is 3.